The first-order valence-electron chi connectivity index (χ1n) is 10.2. The zero-order valence-corrected chi connectivity index (χ0v) is 17.6. The number of carbonyl (C=O) groups excluding carboxylic acids is 3. The molecule has 0 radical (unpaired) electrons. The third-order valence-electron chi connectivity index (χ3n) is 5.84. The molecule has 8 nitrogen and oxygen atoms in total. The molecule has 8 heteroatoms. The number of imide groups is 1. The summed E-state index contributed by atoms with van der Waals surface area (Å²) >= 11 is 0. The zero-order chi connectivity index (χ0) is 22.0. The maximum atomic E-state index is 13.3. The second-order valence-electron chi connectivity index (χ2n) is 7.79. The number of nitrogens with one attached hydrogen (secondary N) is 1. The van der Waals surface area contributed by atoms with Crippen molar-refractivity contribution in [3.8, 4) is 11.5 Å². The van der Waals surface area contributed by atoms with Gasteiger partial charge in [0.05, 0.1) is 27.3 Å². The molecule has 2 aromatic carbocycles. The fourth-order valence-corrected chi connectivity index (χ4v) is 4.24. The Labute approximate surface area is 180 Å². The minimum atomic E-state index is -1.09. The number of nitrogens with zero attached hydrogens (tertiary/aromatic N) is 2. The van der Waals surface area contributed by atoms with Gasteiger partial charge in [0.25, 0.3) is 11.8 Å². The van der Waals surface area contributed by atoms with Crippen molar-refractivity contribution in [2.45, 2.75) is 24.9 Å². The van der Waals surface area contributed by atoms with Gasteiger partial charge in [-0.1, -0.05) is 30.3 Å². The molecule has 4 rings (SSSR count). The fourth-order valence-electron chi connectivity index (χ4n) is 4.24. The van der Waals surface area contributed by atoms with E-state index in [0.717, 1.165) is 5.56 Å². The van der Waals surface area contributed by atoms with Crippen LogP contribution in [0.1, 0.15) is 28.8 Å². The molecule has 0 aliphatic carbocycles. The van der Waals surface area contributed by atoms with Crippen LogP contribution in [-0.2, 0) is 11.3 Å². The number of hydrogen-bond donors (Lipinski definition) is 1. The summed E-state index contributed by atoms with van der Waals surface area (Å²) in [5, 5.41) is 2.87. The Kier molecular flexibility index (Phi) is 5.54. The van der Waals surface area contributed by atoms with Crippen LogP contribution in [0.25, 0.3) is 0 Å². The van der Waals surface area contributed by atoms with Crippen molar-refractivity contribution >= 4 is 17.8 Å². The minimum Gasteiger partial charge on any atom is -0.493 e. The summed E-state index contributed by atoms with van der Waals surface area (Å²) in [6.07, 6.45) is 1.11. The van der Waals surface area contributed by atoms with Gasteiger partial charge < -0.3 is 19.7 Å². The van der Waals surface area contributed by atoms with Gasteiger partial charge in [-0.2, -0.15) is 0 Å². The molecule has 1 N–H and O–H groups in total. The number of piperidine rings is 1. The lowest BCUT2D eigenvalue weighted by Gasteiger charge is -2.38. The average molecular weight is 423 g/mol. The smallest absolute Gasteiger partial charge is 0.325 e. The summed E-state index contributed by atoms with van der Waals surface area (Å²) in [4.78, 5) is 41.9. The van der Waals surface area contributed by atoms with Crippen LogP contribution in [0, 0.1) is 0 Å². The Hall–Kier alpha value is -3.55. The van der Waals surface area contributed by atoms with E-state index in [1.54, 1.807) is 23.1 Å². The highest BCUT2D eigenvalue weighted by molar-refractivity contribution is 6.07. The van der Waals surface area contributed by atoms with E-state index in [1.807, 2.05) is 30.3 Å². The van der Waals surface area contributed by atoms with Crippen LogP contribution in [0.4, 0.5) is 4.79 Å². The second kappa shape index (κ2) is 8.29. The molecule has 2 aliphatic rings. The maximum absolute atomic E-state index is 13.3. The van der Waals surface area contributed by atoms with Crippen LogP contribution in [-0.4, -0.2) is 60.5 Å². The number of methoxy groups -OCH3 is 2. The lowest BCUT2D eigenvalue weighted by atomic mass is 9.88. The first-order chi connectivity index (χ1) is 15.0. The molecule has 2 heterocycles. The van der Waals surface area contributed by atoms with Gasteiger partial charge in [-0.15, -0.1) is 0 Å². The zero-order valence-electron chi connectivity index (χ0n) is 17.6. The van der Waals surface area contributed by atoms with E-state index >= 15 is 0 Å². The summed E-state index contributed by atoms with van der Waals surface area (Å²) in [7, 11) is 3.04. The van der Waals surface area contributed by atoms with Crippen LogP contribution in [0.5, 0.6) is 11.5 Å². The standard InChI is InChI=1S/C23H25N3O5/c1-30-18-10-9-17(13-19(18)31-2)20(27)25-12-6-11-23(15-25)21(28)26(22(29)24-23)14-16-7-4-3-5-8-16/h3-5,7-10,13H,6,11-12,14-15H2,1-2H3,(H,24,29)/t23-/m1/s1. The molecule has 2 aromatic rings. The molecule has 162 valence electrons. The van der Waals surface area contributed by atoms with Gasteiger partial charge in [0.15, 0.2) is 11.5 Å². The van der Waals surface area contributed by atoms with Crippen molar-refractivity contribution in [2.24, 2.45) is 0 Å². The molecule has 0 saturated carbocycles. The first kappa shape index (κ1) is 20.7. The third-order valence-corrected chi connectivity index (χ3v) is 5.84. The molecule has 4 amide bonds. The number of amides is 4. The van der Waals surface area contributed by atoms with E-state index in [-0.39, 0.29) is 24.9 Å². The van der Waals surface area contributed by atoms with Gasteiger partial charge in [-0.25, -0.2) is 4.79 Å². The fraction of sp³-hybridized carbons (Fsp3) is 0.348. The van der Waals surface area contributed by atoms with Gasteiger partial charge in [0.2, 0.25) is 0 Å². The van der Waals surface area contributed by atoms with Crippen molar-refractivity contribution < 1.29 is 23.9 Å². The molecule has 2 fully saturated rings. The highest BCUT2D eigenvalue weighted by Crippen LogP contribution is 2.32. The summed E-state index contributed by atoms with van der Waals surface area (Å²) in [5.74, 6) is 0.484. The highest BCUT2D eigenvalue weighted by atomic mass is 16.5. The van der Waals surface area contributed by atoms with Gasteiger partial charge >= 0.3 is 6.03 Å². The van der Waals surface area contributed by atoms with Crippen LogP contribution in [0.2, 0.25) is 0 Å². The van der Waals surface area contributed by atoms with Crippen molar-refractivity contribution in [2.75, 3.05) is 27.3 Å². The predicted molar refractivity (Wildman–Crippen MR) is 113 cm³/mol. The SMILES string of the molecule is COc1ccc(C(=O)N2CCC[C@]3(C2)NC(=O)N(Cc2ccccc2)C3=O)cc1OC. The lowest BCUT2D eigenvalue weighted by molar-refractivity contribution is -0.133. The van der Waals surface area contributed by atoms with E-state index in [2.05, 4.69) is 5.32 Å². The van der Waals surface area contributed by atoms with Crippen molar-refractivity contribution in [3.63, 3.8) is 0 Å². The molecule has 0 aromatic heterocycles. The molecule has 2 saturated heterocycles. The number of carbonyl (C=O) groups is 3. The first-order valence-corrected chi connectivity index (χ1v) is 10.2. The predicted octanol–water partition coefficient (Wildman–Crippen LogP) is 2.43. The Morgan fingerprint density at radius 2 is 1.81 bits per heavy atom. The normalized spacial score (nSPS) is 20.7. The van der Waals surface area contributed by atoms with E-state index in [0.29, 0.717) is 36.4 Å². The number of hydrogen-bond acceptors (Lipinski definition) is 5. The molecular formula is C23H25N3O5. The number of ether oxygens (including phenoxy) is 2. The van der Waals surface area contributed by atoms with Crippen molar-refractivity contribution in [1.29, 1.82) is 0 Å². The third kappa shape index (κ3) is 3.81. The molecule has 2 aliphatic heterocycles. The van der Waals surface area contributed by atoms with Gasteiger partial charge in [0, 0.05) is 12.1 Å². The monoisotopic (exact) mass is 423 g/mol. The van der Waals surface area contributed by atoms with Crippen molar-refractivity contribution in [1.82, 2.24) is 15.1 Å². The Morgan fingerprint density at radius 3 is 2.52 bits per heavy atom. The van der Waals surface area contributed by atoms with Gasteiger partial charge in [0.1, 0.15) is 5.54 Å². The molecule has 0 unspecified atom stereocenters. The second-order valence-corrected chi connectivity index (χ2v) is 7.79. The van der Waals surface area contributed by atoms with Crippen LogP contribution in [0.15, 0.2) is 48.5 Å². The van der Waals surface area contributed by atoms with Crippen LogP contribution < -0.4 is 14.8 Å². The molecular weight excluding hydrogens is 398 g/mol. The maximum Gasteiger partial charge on any atom is 0.325 e. The quantitative estimate of drug-likeness (QED) is 0.747. The summed E-state index contributed by atoms with van der Waals surface area (Å²) in [6.45, 7) is 0.851. The summed E-state index contributed by atoms with van der Waals surface area (Å²) in [5.41, 5.74) is 0.223. The molecule has 1 atom stereocenters. The minimum absolute atomic E-state index is 0.135. The molecule has 0 bridgehead atoms. The Morgan fingerprint density at radius 1 is 1.06 bits per heavy atom. The molecule has 31 heavy (non-hydrogen) atoms. The van der Waals surface area contributed by atoms with Crippen LogP contribution >= 0.6 is 0 Å². The lowest BCUT2D eigenvalue weighted by Crippen LogP contribution is -2.59. The number of urea groups is 1. The van der Waals surface area contributed by atoms with E-state index in [9.17, 15) is 14.4 Å². The highest BCUT2D eigenvalue weighted by Gasteiger charge is 2.53. The number of rotatable bonds is 5. The van der Waals surface area contributed by atoms with E-state index < -0.39 is 11.6 Å². The summed E-state index contributed by atoms with van der Waals surface area (Å²) in [6, 6.07) is 13.9. The van der Waals surface area contributed by atoms with Gasteiger partial charge in [-0.3, -0.25) is 14.5 Å². The molecule has 1 spiro atoms. The van der Waals surface area contributed by atoms with Crippen molar-refractivity contribution in [3.05, 3.63) is 59.7 Å². The number of likely N-dealkylation sites (tertiary alicyclic amines) is 1. The summed E-state index contributed by atoms with van der Waals surface area (Å²) < 4.78 is 10.5. The van der Waals surface area contributed by atoms with Crippen LogP contribution in [0.3, 0.4) is 0 Å². The topological polar surface area (TPSA) is 88.2 Å². The van der Waals surface area contributed by atoms with E-state index in [1.165, 1.54) is 19.1 Å². The Balaban J connectivity index is 1.53. The van der Waals surface area contributed by atoms with Gasteiger partial charge in [-0.05, 0) is 36.6 Å². The number of benzene rings is 2. The largest absolute Gasteiger partial charge is 0.493 e. The van der Waals surface area contributed by atoms with E-state index in [4.69, 9.17) is 9.47 Å². The average Bonchev–Trinajstić information content (AvgIpc) is 3.02. The Bertz CT molecular complexity index is 1010.